The summed E-state index contributed by atoms with van der Waals surface area (Å²) >= 11 is 0. The minimum Gasteiger partial charge on any atom is -0.379 e. The van der Waals surface area contributed by atoms with Crippen molar-refractivity contribution in [1.29, 1.82) is 0 Å². The molecule has 0 spiro atoms. The van der Waals surface area contributed by atoms with Crippen LogP contribution in [0.2, 0.25) is 0 Å². The number of rotatable bonds is 5. The molecule has 4 aromatic rings. The Morgan fingerprint density at radius 2 is 1.42 bits per heavy atom. The highest BCUT2D eigenvalue weighted by Crippen LogP contribution is 2.34. The first kappa shape index (κ1) is 21.4. The van der Waals surface area contributed by atoms with Gasteiger partial charge in [0, 0.05) is 36.0 Å². The Morgan fingerprint density at radius 1 is 0.788 bits per heavy atom. The fourth-order valence-corrected chi connectivity index (χ4v) is 4.34. The van der Waals surface area contributed by atoms with Crippen molar-refractivity contribution in [3.63, 3.8) is 0 Å². The van der Waals surface area contributed by atoms with Crippen molar-refractivity contribution in [2.75, 3.05) is 26.3 Å². The van der Waals surface area contributed by atoms with E-state index >= 15 is 0 Å². The Hall–Kier alpha value is -3.42. The van der Waals surface area contributed by atoms with Gasteiger partial charge in [-0.2, -0.15) is 5.10 Å². The van der Waals surface area contributed by atoms with Crippen LogP contribution in [0.1, 0.15) is 17.2 Å². The van der Waals surface area contributed by atoms with Crippen LogP contribution in [0.15, 0.2) is 73.1 Å². The van der Waals surface area contributed by atoms with E-state index in [2.05, 4.69) is 15.1 Å². The molecule has 1 saturated heterocycles. The number of aromatic nitrogens is 2. The van der Waals surface area contributed by atoms with Crippen LogP contribution < -0.4 is 0 Å². The molecule has 1 aliphatic rings. The van der Waals surface area contributed by atoms with E-state index in [9.17, 15) is 13.2 Å². The topological polar surface area (TPSA) is 41.2 Å². The number of morpholine rings is 1. The zero-order chi connectivity index (χ0) is 22.8. The molecule has 33 heavy (non-hydrogen) atoms. The van der Waals surface area contributed by atoms with Crippen molar-refractivity contribution in [3.8, 4) is 22.3 Å². The molecule has 0 saturated carbocycles. The number of halogens is 3. The lowest BCUT2D eigenvalue weighted by Gasteiger charge is -2.34. The Morgan fingerprint density at radius 3 is 2.06 bits per heavy atom. The minimum absolute atomic E-state index is 0.0901. The van der Waals surface area contributed by atoms with Gasteiger partial charge in [0.1, 0.15) is 17.5 Å². The zero-order valence-corrected chi connectivity index (χ0v) is 17.8. The Balaban J connectivity index is 1.51. The van der Waals surface area contributed by atoms with E-state index in [0.717, 1.165) is 42.4 Å². The number of nitrogens with one attached hydrogen (secondary N) is 1. The molecule has 2 heterocycles. The number of H-pyrrole nitrogens is 1. The third-order valence-electron chi connectivity index (χ3n) is 5.99. The second kappa shape index (κ2) is 9.21. The van der Waals surface area contributed by atoms with Gasteiger partial charge in [0.15, 0.2) is 0 Å². The molecule has 1 fully saturated rings. The summed E-state index contributed by atoms with van der Waals surface area (Å²) in [5.41, 5.74) is 3.73. The number of aromatic amines is 1. The predicted molar refractivity (Wildman–Crippen MR) is 120 cm³/mol. The molecule has 1 aromatic heterocycles. The molecular weight excluding hydrogens is 427 g/mol. The Bertz CT molecular complexity index is 1240. The maximum absolute atomic E-state index is 14.9. The largest absolute Gasteiger partial charge is 0.379 e. The minimum atomic E-state index is -0.511. The summed E-state index contributed by atoms with van der Waals surface area (Å²) in [5, 5.41) is 6.97. The molecule has 7 heteroatoms. The number of benzene rings is 3. The average Bonchev–Trinajstić information content (AvgIpc) is 3.37. The van der Waals surface area contributed by atoms with Gasteiger partial charge in [-0.3, -0.25) is 10.00 Å². The monoisotopic (exact) mass is 449 g/mol. The van der Waals surface area contributed by atoms with Crippen molar-refractivity contribution < 1.29 is 17.9 Å². The molecule has 0 amide bonds. The van der Waals surface area contributed by atoms with E-state index < -0.39 is 11.6 Å². The first-order chi connectivity index (χ1) is 16.1. The molecule has 168 valence electrons. The normalized spacial score (nSPS) is 15.5. The number of hydrogen-bond acceptors (Lipinski definition) is 3. The molecule has 0 aliphatic carbocycles. The lowest BCUT2D eigenvalue weighted by atomic mass is 9.94. The summed E-state index contributed by atoms with van der Waals surface area (Å²) in [4.78, 5) is 2.29. The summed E-state index contributed by atoms with van der Waals surface area (Å²) in [6.45, 7) is 2.80. The van der Waals surface area contributed by atoms with Gasteiger partial charge in [0.25, 0.3) is 0 Å². The zero-order valence-electron chi connectivity index (χ0n) is 17.8. The molecule has 4 nitrogen and oxygen atoms in total. The lowest BCUT2D eigenvalue weighted by molar-refractivity contribution is 0.0239. The van der Waals surface area contributed by atoms with Crippen molar-refractivity contribution in [1.82, 2.24) is 15.1 Å². The Labute approximate surface area is 189 Å². The first-order valence-corrected chi connectivity index (χ1v) is 10.8. The van der Waals surface area contributed by atoms with Gasteiger partial charge in [-0.05, 0) is 47.0 Å². The third kappa shape index (κ3) is 4.42. The van der Waals surface area contributed by atoms with Gasteiger partial charge in [-0.15, -0.1) is 0 Å². The van der Waals surface area contributed by atoms with Crippen LogP contribution in [0, 0.1) is 17.5 Å². The molecule has 5 rings (SSSR count). The number of nitrogens with zero attached hydrogens (tertiary/aromatic N) is 2. The van der Waals surface area contributed by atoms with E-state index in [0.29, 0.717) is 29.9 Å². The maximum atomic E-state index is 14.9. The molecule has 0 bridgehead atoms. The molecule has 1 aliphatic heterocycles. The molecule has 1 unspecified atom stereocenters. The summed E-state index contributed by atoms with van der Waals surface area (Å²) in [5.74, 6) is -1.37. The van der Waals surface area contributed by atoms with Crippen LogP contribution in [-0.4, -0.2) is 41.4 Å². The molecular formula is C26H22F3N3O. The highest BCUT2D eigenvalue weighted by Gasteiger charge is 2.26. The van der Waals surface area contributed by atoms with Gasteiger partial charge in [0.05, 0.1) is 25.5 Å². The predicted octanol–water partition coefficient (Wildman–Crippen LogP) is 5.58. The average molecular weight is 449 g/mol. The van der Waals surface area contributed by atoms with Gasteiger partial charge >= 0.3 is 0 Å². The summed E-state index contributed by atoms with van der Waals surface area (Å²) < 4.78 is 48.1. The standard InChI is InChI=1S/C26H22F3N3O/c27-21-6-8-25(29)23(14-21)18-3-1-17(2-4-18)22-13-19(5-7-24(22)28)26(20-15-30-31-16-20)32-9-11-33-12-10-32/h1-8,13-16,26H,9-12H2,(H,30,31). The van der Waals surface area contributed by atoms with Crippen LogP contribution in [0.4, 0.5) is 13.2 Å². The van der Waals surface area contributed by atoms with Crippen molar-refractivity contribution >= 4 is 0 Å². The fraction of sp³-hybridized carbons (Fsp3) is 0.192. The highest BCUT2D eigenvalue weighted by atomic mass is 19.1. The maximum Gasteiger partial charge on any atom is 0.131 e. The smallest absolute Gasteiger partial charge is 0.131 e. The number of hydrogen-bond donors (Lipinski definition) is 1. The SMILES string of the molecule is Fc1ccc(F)c(-c2ccc(-c3cc(C(c4cn[nH]c4)N4CCOCC4)ccc3F)cc2)c1. The van der Waals surface area contributed by atoms with E-state index in [-0.39, 0.29) is 17.4 Å². The summed E-state index contributed by atoms with van der Waals surface area (Å²) in [6, 6.07) is 15.2. The van der Waals surface area contributed by atoms with Crippen molar-refractivity contribution in [2.45, 2.75) is 6.04 Å². The summed E-state index contributed by atoms with van der Waals surface area (Å²) in [7, 11) is 0. The van der Waals surface area contributed by atoms with E-state index in [1.165, 1.54) is 6.07 Å². The van der Waals surface area contributed by atoms with Crippen LogP contribution in [0.3, 0.4) is 0 Å². The van der Waals surface area contributed by atoms with Gasteiger partial charge in [-0.1, -0.05) is 30.3 Å². The van der Waals surface area contributed by atoms with Crippen molar-refractivity contribution in [2.24, 2.45) is 0 Å². The van der Waals surface area contributed by atoms with Crippen LogP contribution in [0.25, 0.3) is 22.3 Å². The Kier molecular flexibility index (Phi) is 5.98. The van der Waals surface area contributed by atoms with Crippen LogP contribution >= 0.6 is 0 Å². The fourth-order valence-electron chi connectivity index (χ4n) is 4.34. The second-order valence-corrected chi connectivity index (χ2v) is 8.02. The van der Waals surface area contributed by atoms with Gasteiger partial charge < -0.3 is 4.74 Å². The molecule has 3 aromatic carbocycles. The second-order valence-electron chi connectivity index (χ2n) is 8.02. The van der Waals surface area contributed by atoms with E-state index in [1.54, 1.807) is 36.5 Å². The van der Waals surface area contributed by atoms with Gasteiger partial charge in [0.2, 0.25) is 0 Å². The molecule has 1 N–H and O–H groups in total. The van der Waals surface area contributed by atoms with Crippen molar-refractivity contribution in [3.05, 3.63) is 102 Å². The van der Waals surface area contributed by atoms with Crippen LogP contribution in [-0.2, 0) is 4.74 Å². The molecule has 1 atom stereocenters. The molecule has 0 radical (unpaired) electrons. The quantitative estimate of drug-likeness (QED) is 0.432. The number of ether oxygens (including phenoxy) is 1. The van der Waals surface area contributed by atoms with E-state index in [4.69, 9.17) is 4.74 Å². The lowest BCUT2D eigenvalue weighted by Crippen LogP contribution is -2.39. The first-order valence-electron chi connectivity index (χ1n) is 10.8. The third-order valence-corrected chi connectivity index (χ3v) is 5.99. The van der Waals surface area contributed by atoms with E-state index in [1.807, 2.05) is 12.3 Å². The highest BCUT2D eigenvalue weighted by molar-refractivity contribution is 5.71. The van der Waals surface area contributed by atoms with Crippen LogP contribution in [0.5, 0.6) is 0 Å². The van der Waals surface area contributed by atoms with Gasteiger partial charge in [-0.25, -0.2) is 13.2 Å². The summed E-state index contributed by atoms with van der Waals surface area (Å²) in [6.07, 6.45) is 3.64.